The molecule has 0 bridgehead atoms. The maximum atomic E-state index is 11.9. The maximum Gasteiger partial charge on any atom is 0.240 e. The number of aromatic nitrogens is 1. The number of hydrogen-bond donors (Lipinski definition) is 2. The minimum absolute atomic E-state index is 0.124. The van der Waals surface area contributed by atoms with E-state index in [1.807, 2.05) is 42.0 Å². The van der Waals surface area contributed by atoms with E-state index in [-0.39, 0.29) is 25.6 Å². The minimum Gasteiger partial charge on any atom is -0.389 e. The number of carbonyl (C=O) groups excluding carboxylic acids is 1. The highest BCUT2D eigenvalue weighted by Gasteiger charge is 2.10. The summed E-state index contributed by atoms with van der Waals surface area (Å²) in [4.78, 5) is 11.9. The number of aryl methyl sites for hydroxylation is 1. The Morgan fingerprint density at radius 2 is 2.20 bits per heavy atom. The molecule has 0 spiro atoms. The standard InChI is InChI=1S/C15H20N2O3/c1-11-8-17(14-6-4-3-5-13(11)14)9-15(19)16-7-12(18)10-20-2/h3-6,8,12,18H,7,9-10H2,1-2H3,(H,16,19). The van der Waals surface area contributed by atoms with Gasteiger partial charge in [-0.25, -0.2) is 0 Å². The molecule has 2 aromatic rings. The number of amides is 1. The van der Waals surface area contributed by atoms with E-state index in [1.165, 1.54) is 7.11 Å². The lowest BCUT2D eigenvalue weighted by Gasteiger charge is -2.11. The Bertz CT molecular complexity index is 592. The molecule has 20 heavy (non-hydrogen) atoms. The molecule has 1 unspecified atom stereocenters. The van der Waals surface area contributed by atoms with Crippen LogP contribution in [0.1, 0.15) is 5.56 Å². The Morgan fingerprint density at radius 1 is 1.45 bits per heavy atom. The molecule has 1 aromatic heterocycles. The van der Waals surface area contributed by atoms with Crippen molar-refractivity contribution in [3.63, 3.8) is 0 Å². The van der Waals surface area contributed by atoms with E-state index in [4.69, 9.17) is 4.74 Å². The maximum absolute atomic E-state index is 11.9. The van der Waals surface area contributed by atoms with Crippen molar-refractivity contribution >= 4 is 16.8 Å². The van der Waals surface area contributed by atoms with Gasteiger partial charge in [0.1, 0.15) is 6.54 Å². The van der Waals surface area contributed by atoms with Crippen LogP contribution in [0.15, 0.2) is 30.5 Å². The number of nitrogens with one attached hydrogen (secondary N) is 1. The van der Waals surface area contributed by atoms with E-state index in [2.05, 4.69) is 5.32 Å². The van der Waals surface area contributed by atoms with Crippen LogP contribution in [0.2, 0.25) is 0 Å². The fourth-order valence-corrected chi connectivity index (χ4v) is 2.25. The van der Waals surface area contributed by atoms with Gasteiger partial charge in [-0.05, 0) is 18.6 Å². The van der Waals surface area contributed by atoms with Crippen LogP contribution in [0.5, 0.6) is 0 Å². The van der Waals surface area contributed by atoms with Gasteiger partial charge < -0.3 is 19.7 Å². The molecule has 2 rings (SSSR count). The number of ether oxygens (including phenoxy) is 1. The predicted molar refractivity (Wildman–Crippen MR) is 77.6 cm³/mol. The summed E-state index contributed by atoms with van der Waals surface area (Å²) in [5, 5.41) is 13.3. The van der Waals surface area contributed by atoms with Crippen molar-refractivity contribution in [2.24, 2.45) is 0 Å². The van der Waals surface area contributed by atoms with Crippen molar-refractivity contribution < 1.29 is 14.6 Å². The number of fused-ring (bicyclic) bond motifs is 1. The summed E-state index contributed by atoms with van der Waals surface area (Å²) in [6.45, 7) is 2.68. The van der Waals surface area contributed by atoms with Gasteiger partial charge in [0.05, 0.1) is 12.7 Å². The summed E-state index contributed by atoms with van der Waals surface area (Å²) >= 11 is 0. The molecule has 2 N–H and O–H groups in total. The Kier molecular flexibility index (Phi) is 4.76. The Hall–Kier alpha value is -1.85. The summed E-state index contributed by atoms with van der Waals surface area (Å²) in [6, 6.07) is 7.98. The lowest BCUT2D eigenvalue weighted by atomic mass is 10.2. The van der Waals surface area contributed by atoms with Crippen molar-refractivity contribution in [2.45, 2.75) is 19.6 Å². The van der Waals surface area contributed by atoms with Crippen molar-refractivity contribution in [2.75, 3.05) is 20.3 Å². The summed E-state index contributed by atoms with van der Waals surface area (Å²) in [7, 11) is 1.51. The average Bonchev–Trinajstić information content (AvgIpc) is 2.74. The molecule has 0 fully saturated rings. The summed E-state index contributed by atoms with van der Waals surface area (Å²) in [6.07, 6.45) is 1.29. The number of hydrogen-bond acceptors (Lipinski definition) is 3. The van der Waals surface area contributed by atoms with Gasteiger partial charge in [0.15, 0.2) is 0 Å². The topological polar surface area (TPSA) is 63.5 Å². The van der Waals surface area contributed by atoms with E-state index in [9.17, 15) is 9.90 Å². The Balaban J connectivity index is 2.00. The molecule has 0 aliphatic carbocycles. The van der Waals surface area contributed by atoms with Crippen molar-refractivity contribution in [3.05, 3.63) is 36.0 Å². The highest BCUT2D eigenvalue weighted by molar-refractivity contribution is 5.85. The molecule has 108 valence electrons. The average molecular weight is 276 g/mol. The summed E-state index contributed by atoms with van der Waals surface area (Å²) in [5.41, 5.74) is 2.19. The highest BCUT2D eigenvalue weighted by atomic mass is 16.5. The van der Waals surface area contributed by atoms with Gasteiger partial charge in [-0.3, -0.25) is 4.79 Å². The number of benzene rings is 1. The lowest BCUT2D eigenvalue weighted by molar-refractivity contribution is -0.122. The second kappa shape index (κ2) is 6.54. The van der Waals surface area contributed by atoms with Crippen LogP contribution in [0.4, 0.5) is 0 Å². The summed E-state index contributed by atoms with van der Waals surface area (Å²) in [5.74, 6) is -0.124. The molecule has 0 radical (unpaired) electrons. The first kappa shape index (κ1) is 14.6. The first-order valence-electron chi connectivity index (χ1n) is 6.60. The van der Waals surface area contributed by atoms with Gasteiger partial charge in [0, 0.05) is 30.8 Å². The first-order valence-corrected chi connectivity index (χ1v) is 6.60. The van der Waals surface area contributed by atoms with Crippen LogP contribution in [-0.4, -0.2) is 41.9 Å². The smallest absolute Gasteiger partial charge is 0.240 e. The minimum atomic E-state index is -0.674. The molecule has 1 amide bonds. The number of aliphatic hydroxyl groups is 1. The van der Waals surface area contributed by atoms with E-state index in [0.29, 0.717) is 0 Å². The predicted octanol–water partition coefficient (Wildman–Crippen LogP) is 1.07. The van der Waals surface area contributed by atoms with E-state index >= 15 is 0 Å². The number of carbonyl (C=O) groups is 1. The van der Waals surface area contributed by atoms with E-state index < -0.39 is 6.10 Å². The second-order valence-corrected chi connectivity index (χ2v) is 4.87. The number of aliphatic hydroxyl groups excluding tert-OH is 1. The van der Waals surface area contributed by atoms with E-state index in [1.54, 1.807) is 0 Å². The third-order valence-corrected chi connectivity index (χ3v) is 3.20. The fourth-order valence-electron chi connectivity index (χ4n) is 2.25. The van der Waals surface area contributed by atoms with Crippen LogP contribution in [-0.2, 0) is 16.1 Å². The molecule has 1 aromatic carbocycles. The molecule has 1 atom stereocenters. The van der Waals surface area contributed by atoms with E-state index in [0.717, 1.165) is 16.5 Å². The third-order valence-electron chi connectivity index (χ3n) is 3.20. The Labute approximate surface area is 118 Å². The monoisotopic (exact) mass is 276 g/mol. The zero-order chi connectivity index (χ0) is 14.5. The van der Waals surface area contributed by atoms with Crippen LogP contribution in [0.3, 0.4) is 0 Å². The van der Waals surface area contributed by atoms with Crippen molar-refractivity contribution in [1.29, 1.82) is 0 Å². The molecule has 5 nitrogen and oxygen atoms in total. The quantitative estimate of drug-likeness (QED) is 0.829. The van der Waals surface area contributed by atoms with Gasteiger partial charge in [-0.2, -0.15) is 0 Å². The van der Waals surface area contributed by atoms with Crippen LogP contribution in [0, 0.1) is 6.92 Å². The third kappa shape index (κ3) is 3.37. The zero-order valence-corrected chi connectivity index (χ0v) is 11.8. The largest absolute Gasteiger partial charge is 0.389 e. The van der Waals surface area contributed by atoms with Crippen LogP contribution in [0.25, 0.3) is 10.9 Å². The molecule has 0 aliphatic heterocycles. The molecule has 1 heterocycles. The van der Waals surface area contributed by atoms with Gasteiger partial charge in [-0.1, -0.05) is 18.2 Å². The fraction of sp³-hybridized carbons (Fsp3) is 0.400. The normalized spacial score (nSPS) is 12.6. The highest BCUT2D eigenvalue weighted by Crippen LogP contribution is 2.19. The van der Waals surface area contributed by atoms with Gasteiger partial charge in [-0.15, -0.1) is 0 Å². The lowest BCUT2D eigenvalue weighted by Crippen LogP contribution is -2.36. The van der Waals surface area contributed by atoms with Crippen molar-refractivity contribution in [3.8, 4) is 0 Å². The van der Waals surface area contributed by atoms with Gasteiger partial charge >= 0.3 is 0 Å². The SMILES string of the molecule is COCC(O)CNC(=O)Cn1cc(C)c2ccccc21. The van der Waals surface area contributed by atoms with Crippen LogP contribution < -0.4 is 5.32 Å². The number of rotatable bonds is 6. The zero-order valence-electron chi connectivity index (χ0n) is 11.8. The number of para-hydroxylation sites is 1. The molecular weight excluding hydrogens is 256 g/mol. The number of methoxy groups -OCH3 is 1. The summed E-state index contributed by atoms with van der Waals surface area (Å²) < 4.78 is 6.73. The van der Waals surface area contributed by atoms with Gasteiger partial charge in [0.25, 0.3) is 0 Å². The second-order valence-electron chi connectivity index (χ2n) is 4.87. The van der Waals surface area contributed by atoms with Crippen molar-refractivity contribution in [1.82, 2.24) is 9.88 Å². The molecular formula is C15H20N2O3. The molecule has 0 saturated carbocycles. The Morgan fingerprint density at radius 3 is 2.95 bits per heavy atom. The van der Waals surface area contributed by atoms with Gasteiger partial charge in [0.2, 0.25) is 5.91 Å². The number of nitrogens with zero attached hydrogens (tertiary/aromatic N) is 1. The molecule has 0 aliphatic rings. The molecule has 5 heteroatoms. The molecule has 0 saturated heterocycles. The van der Waals surface area contributed by atoms with Crippen LogP contribution >= 0.6 is 0 Å². The first-order chi connectivity index (χ1) is 9.61.